The first-order valence-electron chi connectivity index (χ1n) is 13.4. The average molecular weight is 597 g/mol. The molecule has 0 fully saturated rings. The van der Waals surface area contributed by atoms with Crippen molar-refractivity contribution < 1.29 is 14.3 Å². The molecule has 6 rings (SSSR count). The van der Waals surface area contributed by atoms with Gasteiger partial charge in [-0.05, 0) is 49.8 Å². The molecule has 42 heavy (non-hydrogen) atoms. The van der Waals surface area contributed by atoms with E-state index >= 15 is 0 Å². The molecule has 0 spiro atoms. The van der Waals surface area contributed by atoms with Crippen molar-refractivity contribution in [1.29, 1.82) is 0 Å². The van der Waals surface area contributed by atoms with E-state index in [1.807, 2.05) is 48.5 Å². The molecule has 0 saturated heterocycles. The van der Waals surface area contributed by atoms with Gasteiger partial charge in [0, 0.05) is 10.6 Å². The van der Waals surface area contributed by atoms with Gasteiger partial charge in [0.25, 0.3) is 11.5 Å². The Labute approximate surface area is 250 Å². The highest BCUT2D eigenvalue weighted by atomic mass is 35.5. The minimum absolute atomic E-state index is 0.155. The maximum Gasteiger partial charge on any atom is 0.338 e. The fourth-order valence-corrected chi connectivity index (χ4v) is 6.23. The van der Waals surface area contributed by atoms with Crippen LogP contribution in [0.15, 0.2) is 105 Å². The summed E-state index contributed by atoms with van der Waals surface area (Å²) in [7, 11) is 0. The van der Waals surface area contributed by atoms with Gasteiger partial charge >= 0.3 is 5.97 Å². The molecule has 210 valence electrons. The van der Waals surface area contributed by atoms with Crippen LogP contribution in [-0.4, -0.2) is 28.8 Å². The summed E-state index contributed by atoms with van der Waals surface area (Å²) in [5.41, 5.74) is 2.90. The highest BCUT2D eigenvalue weighted by Crippen LogP contribution is 2.35. The van der Waals surface area contributed by atoms with Gasteiger partial charge in [0.1, 0.15) is 5.92 Å². The van der Waals surface area contributed by atoms with E-state index in [-0.39, 0.29) is 23.6 Å². The third-order valence-electron chi connectivity index (χ3n) is 7.06. The van der Waals surface area contributed by atoms with Gasteiger partial charge in [0.05, 0.1) is 39.9 Å². The predicted octanol–water partition coefficient (Wildman–Crippen LogP) is 4.58. The SMILES string of the molecule is CCOC(=O)C1=C(c2ccccc2)N=c2s/c(=C/[C@@H]3C(=O)N(c4ccccc4)N=C3C)c(=O)n2[C@@H]1c1ccc(Cl)cc1. The van der Waals surface area contributed by atoms with Gasteiger partial charge in [-0.2, -0.15) is 10.1 Å². The first-order chi connectivity index (χ1) is 20.4. The molecule has 0 saturated carbocycles. The highest BCUT2D eigenvalue weighted by molar-refractivity contribution is 7.07. The number of thiazole rings is 1. The maximum absolute atomic E-state index is 14.1. The molecule has 0 N–H and O–H groups in total. The van der Waals surface area contributed by atoms with Crippen LogP contribution in [-0.2, 0) is 14.3 Å². The Morgan fingerprint density at radius 2 is 1.67 bits per heavy atom. The second kappa shape index (κ2) is 11.3. The van der Waals surface area contributed by atoms with Gasteiger partial charge in [0.2, 0.25) is 0 Å². The normalized spacial score (nSPS) is 18.5. The van der Waals surface area contributed by atoms with Gasteiger partial charge in [0.15, 0.2) is 4.80 Å². The summed E-state index contributed by atoms with van der Waals surface area (Å²) >= 11 is 7.36. The number of amides is 1. The van der Waals surface area contributed by atoms with E-state index in [2.05, 4.69) is 5.10 Å². The summed E-state index contributed by atoms with van der Waals surface area (Å²) < 4.78 is 7.32. The highest BCUT2D eigenvalue weighted by Gasteiger charge is 2.36. The second-order valence-electron chi connectivity index (χ2n) is 9.71. The van der Waals surface area contributed by atoms with Crippen LogP contribution in [0.4, 0.5) is 5.69 Å². The third-order valence-corrected chi connectivity index (χ3v) is 8.31. The molecule has 10 heteroatoms. The number of esters is 1. The Morgan fingerprint density at radius 1 is 1.00 bits per heavy atom. The zero-order valence-electron chi connectivity index (χ0n) is 22.7. The molecule has 3 heterocycles. The second-order valence-corrected chi connectivity index (χ2v) is 11.2. The number of nitrogens with zero attached hydrogens (tertiary/aromatic N) is 4. The number of para-hydroxylation sites is 1. The molecule has 1 aromatic heterocycles. The quantitative estimate of drug-likeness (QED) is 0.305. The number of rotatable bonds is 6. The molecule has 0 radical (unpaired) electrons. The molecular formula is C32H25ClN4O4S. The number of anilines is 1. The zero-order chi connectivity index (χ0) is 29.4. The summed E-state index contributed by atoms with van der Waals surface area (Å²) in [6.45, 7) is 3.65. The molecule has 0 unspecified atom stereocenters. The van der Waals surface area contributed by atoms with Crippen LogP contribution in [0.25, 0.3) is 11.8 Å². The third kappa shape index (κ3) is 4.91. The number of carbonyl (C=O) groups is 2. The lowest BCUT2D eigenvalue weighted by molar-refractivity contribution is -0.138. The molecule has 1 amide bonds. The average Bonchev–Trinajstić information content (AvgIpc) is 3.48. The standard InChI is InChI=1S/C32H25ClN4O4S/c1-3-41-31(40)26-27(20-10-6-4-7-11-20)34-32-36(28(26)21-14-16-22(33)17-15-21)30(39)25(42-32)18-24-19(2)35-37(29(24)38)23-12-8-5-9-13-23/h4-18,24,28H,3H2,1-2H3/b25-18+/t24-,28+/m0/s1. The number of hydrogen-bond donors (Lipinski definition) is 0. The smallest absolute Gasteiger partial charge is 0.338 e. The number of ether oxygens (including phenoxy) is 1. The van der Waals surface area contributed by atoms with Crippen LogP contribution >= 0.6 is 22.9 Å². The topological polar surface area (TPSA) is 93.3 Å². The van der Waals surface area contributed by atoms with Crippen LogP contribution in [0, 0.1) is 5.92 Å². The van der Waals surface area contributed by atoms with Gasteiger partial charge < -0.3 is 4.74 Å². The van der Waals surface area contributed by atoms with E-state index in [0.717, 1.165) is 0 Å². The minimum Gasteiger partial charge on any atom is -0.463 e. The molecular weight excluding hydrogens is 572 g/mol. The molecule has 4 aromatic rings. The van der Waals surface area contributed by atoms with E-state index in [1.165, 1.54) is 20.9 Å². The molecule has 3 aromatic carbocycles. The lowest BCUT2D eigenvalue weighted by atomic mass is 9.93. The van der Waals surface area contributed by atoms with Gasteiger partial charge in [-0.3, -0.25) is 14.2 Å². The fourth-order valence-electron chi connectivity index (χ4n) is 5.09. The Morgan fingerprint density at radius 3 is 2.33 bits per heavy atom. The first kappa shape index (κ1) is 27.6. The number of halogens is 1. The van der Waals surface area contributed by atoms with Crippen molar-refractivity contribution in [2.45, 2.75) is 19.9 Å². The number of hydrazone groups is 1. The molecule has 2 aliphatic heterocycles. The molecule has 2 aliphatic rings. The summed E-state index contributed by atoms with van der Waals surface area (Å²) in [6.07, 6.45) is 1.64. The predicted molar refractivity (Wildman–Crippen MR) is 164 cm³/mol. The van der Waals surface area contributed by atoms with Crippen LogP contribution in [0.2, 0.25) is 5.02 Å². The van der Waals surface area contributed by atoms with Crippen molar-refractivity contribution in [3.63, 3.8) is 0 Å². The molecule has 2 atom stereocenters. The van der Waals surface area contributed by atoms with Crippen LogP contribution < -0.4 is 19.9 Å². The van der Waals surface area contributed by atoms with Crippen molar-refractivity contribution >= 4 is 58.0 Å². The van der Waals surface area contributed by atoms with E-state index in [4.69, 9.17) is 21.3 Å². The van der Waals surface area contributed by atoms with E-state index < -0.39 is 17.9 Å². The number of carbonyl (C=O) groups excluding carboxylic acids is 2. The Hall–Kier alpha value is -4.60. The van der Waals surface area contributed by atoms with Gasteiger partial charge in [-0.25, -0.2) is 9.79 Å². The molecule has 8 nitrogen and oxygen atoms in total. The van der Waals surface area contributed by atoms with Crippen molar-refractivity contribution in [3.8, 4) is 0 Å². The Balaban J connectivity index is 1.55. The lowest BCUT2D eigenvalue weighted by Gasteiger charge is -2.26. The molecule has 0 bridgehead atoms. The van der Waals surface area contributed by atoms with Crippen LogP contribution in [0.1, 0.15) is 31.0 Å². The summed E-state index contributed by atoms with van der Waals surface area (Å²) in [5.74, 6) is -1.54. The zero-order valence-corrected chi connectivity index (χ0v) is 24.3. The summed E-state index contributed by atoms with van der Waals surface area (Å²) in [5, 5.41) is 6.35. The maximum atomic E-state index is 14.1. The largest absolute Gasteiger partial charge is 0.463 e. The van der Waals surface area contributed by atoms with Gasteiger partial charge in [-0.1, -0.05) is 83.6 Å². The Kier molecular flexibility index (Phi) is 7.45. The number of aromatic nitrogens is 1. The van der Waals surface area contributed by atoms with Crippen molar-refractivity contribution in [2.24, 2.45) is 16.0 Å². The number of benzene rings is 3. The number of fused-ring (bicyclic) bond motifs is 1. The first-order valence-corrected chi connectivity index (χ1v) is 14.5. The fraction of sp³-hybridized carbons (Fsp3) is 0.156. The number of hydrogen-bond acceptors (Lipinski definition) is 7. The monoisotopic (exact) mass is 596 g/mol. The summed E-state index contributed by atoms with van der Waals surface area (Å²) in [6, 6.07) is 24.6. The summed E-state index contributed by atoms with van der Waals surface area (Å²) in [4.78, 5) is 46.3. The minimum atomic E-state index is -0.829. The lowest BCUT2D eigenvalue weighted by Crippen LogP contribution is -2.40. The van der Waals surface area contributed by atoms with Crippen molar-refractivity contribution in [1.82, 2.24) is 4.57 Å². The van der Waals surface area contributed by atoms with E-state index in [1.54, 1.807) is 56.3 Å². The van der Waals surface area contributed by atoms with E-state index in [9.17, 15) is 14.4 Å². The van der Waals surface area contributed by atoms with Gasteiger partial charge in [-0.15, -0.1) is 0 Å². The van der Waals surface area contributed by atoms with E-state index in [0.29, 0.717) is 42.6 Å². The Bertz CT molecular complexity index is 1930. The van der Waals surface area contributed by atoms with Crippen molar-refractivity contribution in [2.75, 3.05) is 11.6 Å². The molecule has 0 aliphatic carbocycles. The van der Waals surface area contributed by atoms with Crippen LogP contribution in [0.5, 0.6) is 0 Å². The van der Waals surface area contributed by atoms with Crippen LogP contribution in [0.3, 0.4) is 0 Å². The van der Waals surface area contributed by atoms with Crippen molar-refractivity contribution in [3.05, 3.63) is 126 Å².